The Morgan fingerprint density at radius 3 is 2.64 bits per heavy atom. The summed E-state index contributed by atoms with van der Waals surface area (Å²) in [6.45, 7) is 3.99. The number of fused-ring (bicyclic) bond motifs is 5. The lowest BCUT2D eigenvalue weighted by molar-refractivity contribution is -0.116. The Morgan fingerprint density at radius 1 is 1.21 bits per heavy atom. The third kappa shape index (κ3) is 6.34. The van der Waals surface area contributed by atoms with E-state index >= 15 is 0 Å². The van der Waals surface area contributed by atoms with Crippen LogP contribution in [0.15, 0.2) is 24.4 Å². The zero-order valence-corrected chi connectivity index (χ0v) is 24.3. The summed E-state index contributed by atoms with van der Waals surface area (Å²) in [7, 11) is -9.36. The number of hydrogen-bond donors (Lipinski definition) is 5. The van der Waals surface area contributed by atoms with E-state index in [1.807, 2.05) is 13.0 Å². The number of amides is 1. The molecule has 11 nitrogen and oxygen atoms in total. The number of hydrogen-bond acceptors (Lipinski definition) is 7. The van der Waals surface area contributed by atoms with E-state index in [1.54, 1.807) is 18.3 Å². The summed E-state index contributed by atoms with van der Waals surface area (Å²) in [6, 6.07) is 5.18. The van der Waals surface area contributed by atoms with E-state index in [2.05, 4.69) is 17.2 Å². The van der Waals surface area contributed by atoms with Gasteiger partial charge in [0.05, 0.1) is 6.10 Å². The first-order valence-corrected chi connectivity index (χ1v) is 16.9. The molecular weight excluding hydrogens is 566 g/mol. The van der Waals surface area contributed by atoms with Crippen molar-refractivity contribution < 1.29 is 42.5 Å². The van der Waals surface area contributed by atoms with E-state index in [9.17, 15) is 33.5 Å². The summed E-state index contributed by atoms with van der Waals surface area (Å²) >= 11 is 1.41. The molecular formula is C25H34N2O9P2S. The Labute approximate surface area is 230 Å². The number of aromatic nitrogens is 1. The molecule has 1 aromatic heterocycles. The van der Waals surface area contributed by atoms with E-state index < -0.39 is 27.2 Å². The van der Waals surface area contributed by atoms with Gasteiger partial charge < -0.3 is 19.6 Å². The van der Waals surface area contributed by atoms with Gasteiger partial charge in [0, 0.05) is 17.5 Å². The molecule has 2 aromatic rings. The monoisotopic (exact) mass is 600 g/mol. The molecule has 5 rings (SSSR count). The molecule has 0 aliphatic heterocycles. The predicted octanol–water partition coefficient (Wildman–Crippen LogP) is 4.90. The van der Waals surface area contributed by atoms with E-state index in [1.165, 1.54) is 11.3 Å². The van der Waals surface area contributed by atoms with E-state index in [-0.39, 0.29) is 41.7 Å². The number of carbonyl (C=O) groups excluding carboxylic acids is 1. The summed E-state index contributed by atoms with van der Waals surface area (Å²) in [4.78, 5) is 55.7. The number of aryl methyl sites for hydroxylation is 2. The Kier molecular flexibility index (Phi) is 7.89. The molecule has 2 fully saturated rings. The second-order valence-corrected chi connectivity index (χ2v) is 14.9. The van der Waals surface area contributed by atoms with Gasteiger partial charge in [-0.2, -0.15) is 0 Å². The summed E-state index contributed by atoms with van der Waals surface area (Å²) < 4.78 is 33.4. The fraction of sp³-hybridized carbons (Fsp3) is 0.600. The van der Waals surface area contributed by atoms with Gasteiger partial charge >= 0.3 is 15.6 Å². The first-order chi connectivity index (χ1) is 18.2. The van der Waals surface area contributed by atoms with Crippen LogP contribution in [0, 0.1) is 30.1 Å². The summed E-state index contributed by atoms with van der Waals surface area (Å²) in [6.07, 6.45) is 5.45. The number of carbonyl (C=O) groups is 1. The van der Waals surface area contributed by atoms with Crippen LogP contribution in [-0.4, -0.2) is 36.6 Å². The van der Waals surface area contributed by atoms with Crippen molar-refractivity contribution in [1.82, 2.24) is 4.98 Å². The highest BCUT2D eigenvalue weighted by atomic mass is 32.1. The molecule has 0 spiro atoms. The minimum absolute atomic E-state index is 0.0435. The maximum absolute atomic E-state index is 12.7. The van der Waals surface area contributed by atoms with Crippen LogP contribution < -0.4 is 9.84 Å². The summed E-state index contributed by atoms with van der Waals surface area (Å²) in [5.74, 6) is 0.564. The molecule has 39 heavy (non-hydrogen) atoms. The van der Waals surface area contributed by atoms with Gasteiger partial charge in [-0.25, -0.2) is 14.1 Å². The zero-order chi connectivity index (χ0) is 28.2. The van der Waals surface area contributed by atoms with Gasteiger partial charge in [-0.1, -0.05) is 13.0 Å². The Morgan fingerprint density at radius 2 is 1.97 bits per heavy atom. The molecule has 214 valence electrons. The van der Waals surface area contributed by atoms with Crippen LogP contribution in [-0.2, 0) is 24.9 Å². The molecule has 1 aromatic carbocycles. The molecule has 3 unspecified atom stereocenters. The van der Waals surface area contributed by atoms with E-state index in [0.717, 1.165) is 28.8 Å². The van der Waals surface area contributed by atoms with Crippen molar-refractivity contribution in [1.29, 1.82) is 0 Å². The van der Waals surface area contributed by atoms with Crippen molar-refractivity contribution in [3.05, 3.63) is 40.4 Å². The Hall–Kier alpha value is -1.62. The number of anilines is 1. The standard InChI is InChI=1S/C25H34N2O9P2S/c1-14-13-26-24(39-14)27-22(28)8-4-16-12-21(36-38(32,33)34)25(2)10-9-19-18-7-5-17(35-37(29,30)31)11-15(18)3-6-20(19)23(16)25/h5,7,11,13,16,19-21,23H,3-4,6,8-10,12H2,1-2H3,(H,26,27,28)(H2,29,30,31)(H2,32,33,34)/t16-,19?,20?,21+,23?,25-/m1/s1. The van der Waals surface area contributed by atoms with Crippen LogP contribution in [0.2, 0.25) is 0 Å². The third-order valence-electron chi connectivity index (χ3n) is 8.85. The first kappa shape index (κ1) is 28.9. The maximum atomic E-state index is 12.7. The van der Waals surface area contributed by atoms with Gasteiger partial charge in [0.2, 0.25) is 5.91 Å². The lowest BCUT2D eigenvalue weighted by Gasteiger charge is -2.52. The van der Waals surface area contributed by atoms with Crippen LogP contribution >= 0.6 is 27.0 Å². The second-order valence-electron chi connectivity index (χ2n) is 11.3. The van der Waals surface area contributed by atoms with Crippen LogP contribution in [0.1, 0.15) is 67.4 Å². The number of benzene rings is 1. The van der Waals surface area contributed by atoms with Crippen molar-refractivity contribution >= 4 is 38.0 Å². The smallest absolute Gasteiger partial charge is 0.404 e. The first-order valence-electron chi connectivity index (χ1n) is 13.1. The summed E-state index contributed by atoms with van der Waals surface area (Å²) in [5, 5.41) is 3.41. The number of nitrogens with one attached hydrogen (secondary N) is 1. The van der Waals surface area contributed by atoms with Crippen molar-refractivity contribution in [2.45, 2.75) is 70.8 Å². The highest BCUT2D eigenvalue weighted by Crippen LogP contribution is 2.66. The zero-order valence-electron chi connectivity index (χ0n) is 21.7. The van der Waals surface area contributed by atoms with Gasteiger partial charge in [-0.3, -0.25) is 19.1 Å². The number of rotatable bonds is 8. The molecule has 14 heteroatoms. The maximum Gasteiger partial charge on any atom is 0.524 e. The fourth-order valence-electron chi connectivity index (χ4n) is 7.52. The molecule has 2 saturated carbocycles. The average molecular weight is 601 g/mol. The number of phosphoric ester groups is 2. The third-order valence-corrected chi connectivity index (χ3v) is 10.7. The van der Waals surface area contributed by atoms with E-state index in [0.29, 0.717) is 30.8 Å². The van der Waals surface area contributed by atoms with Crippen LogP contribution in [0.25, 0.3) is 0 Å². The van der Waals surface area contributed by atoms with Gasteiger partial charge in [-0.05, 0) is 97.8 Å². The minimum atomic E-state index is -4.71. The highest BCUT2D eigenvalue weighted by Gasteiger charge is 2.60. The minimum Gasteiger partial charge on any atom is -0.404 e. The second kappa shape index (κ2) is 10.7. The lowest BCUT2D eigenvalue weighted by Crippen LogP contribution is -2.45. The normalized spacial score (nSPS) is 30.3. The lowest BCUT2D eigenvalue weighted by atomic mass is 9.53. The summed E-state index contributed by atoms with van der Waals surface area (Å²) in [5.41, 5.74) is 1.68. The van der Waals surface area contributed by atoms with Crippen LogP contribution in [0.5, 0.6) is 5.75 Å². The quantitative estimate of drug-likeness (QED) is 0.262. The molecule has 3 aliphatic rings. The molecule has 6 atom stereocenters. The SMILES string of the molecule is Cc1cnc(NC(=O)CC[C@@H]2C[C@H](OP(=O)(O)O)[C@@]3(C)CCC4c5ccc(OP(=O)(O)O)cc5CCC4C23)s1. The van der Waals surface area contributed by atoms with Crippen molar-refractivity contribution in [3.63, 3.8) is 0 Å². The number of nitrogens with zero attached hydrogens (tertiary/aromatic N) is 1. The molecule has 5 N–H and O–H groups in total. The fourth-order valence-corrected chi connectivity index (χ4v) is 9.25. The van der Waals surface area contributed by atoms with Gasteiger partial charge in [0.25, 0.3) is 0 Å². The predicted molar refractivity (Wildman–Crippen MR) is 144 cm³/mol. The van der Waals surface area contributed by atoms with E-state index in [4.69, 9.17) is 9.05 Å². The number of thiazole rings is 1. The topological polar surface area (TPSA) is 176 Å². The molecule has 0 radical (unpaired) electrons. The highest BCUT2D eigenvalue weighted by molar-refractivity contribution is 7.46. The van der Waals surface area contributed by atoms with Gasteiger partial charge in [-0.15, -0.1) is 11.3 Å². The van der Waals surface area contributed by atoms with Crippen molar-refractivity contribution in [2.75, 3.05) is 5.32 Å². The Balaban J connectivity index is 1.38. The van der Waals surface area contributed by atoms with Crippen molar-refractivity contribution in [3.8, 4) is 5.75 Å². The molecule has 0 bridgehead atoms. The van der Waals surface area contributed by atoms with Gasteiger partial charge in [0.15, 0.2) is 5.13 Å². The van der Waals surface area contributed by atoms with Crippen LogP contribution in [0.3, 0.4) is 0 Å². The average Bonchev–Trinajstić information content (AvgIpc) is 3.35. The molecule has 1 amide bonds. The Bertz CT molecular complexity index is 1340. The number of phosphoric acid groups is 2. The van der Waals surface area contributed by atoms with Crippen molar-refractivity contribution in [2.24, 2.45) is 23.2 Å². The van der Waals surface area contributed by atoms with Crippen LogP contribution in [0.4, 0.5) is 5.13 Å². The largest absolute Gasteiger partial charge is 0.524 e. The van der Waals surface area contributed by atoms with Gasteiger partial charge in [0.1, 0.15) is 5.75 Å². The molecule has 0 saturated heterocycles. The molecule has 1 heterocycles. The molecule has 3 aliphatic carbocycles.